The largest absolute Gasteiger partial charge is 0.459 e. The fraction of sp³-hybridized carbons (Fsp3) is 0.774. The highest BCUT2D eigenvalue weighted by atomic mass is 16.6. The van der Waals surface area contributed by atoms with Crippen molar-refractivity contribution in [3.8, 4) is 0 Å². The molecule has 19 nitrogen and oxygen atoms in total. The summed E-state index contributed by atoms with van der Waals surface area (Å²) in [7, 11) is 0. The van der Waals surface area contributed by atoms with Crippen LogP contribution in [-0.4, -0.2) is 132 Å². The predicted octanol–water partition coefficient (Wildman–Crippen LogP) is 4.91. The number of rotatable bonds is 15. The van der Waals surface area contributed by atoms with E-state index in [1.54, 1.807) is 27.7 Å². The van der Waals surface area contributed by atoms with Gasteiger partial charge in [0, 0.05) is 39.0 Å². The summed E-state index contributed by atoms with van der Waals surface area (Å²) in [6, 6.07) is 0. The van der Waals surface area contributed by atoms with E-state index in [0.29, 0.717) is 31.3 Å². The molecule has 19 heteroatoms. The van der Waals surface area contributed by atoms with Crippen LogP contribution in [0.3, 0.4) is 0 Å². The first-order valence-corrected chi connectivity index (χ1v) is 25.5. The van der Waals surface area contributed by atoms with E-state index in [2.05, 4.69) is 6.92 Å². The highest BCUT2D eigenvalue weighted by Crippen LogP contribution is 2.59. The van der Waals surface area contributed by atoms with Gasteiger partial charge in [-0.1, -0.05) is 72.8 Å². The number of aliphatic hydroxyl groups is 4. The summed E-state index contributed by atoms with van der Waals surface area (Å²) < 4.78 is 39.8. The van der Waals surface area contributed by atoms with E-state index in [1.807, 2.05) is 20.8 Å². The summed E-state index contributed by atoms with van der Waals surface area (Å²) in [6.45, 7) is 22.3. The molecular formula is C53H78O19. The molecule has 2 saturated heterocycles. The molecule has 0 spiro atoms. The lowest BCUT2D eigenvalue weighted by Gasteiger charge is -2.41. The fourth-order valence-corrected chi connectivity index (χ4v) is 11.6. The zero-order valence-corrected chi connectivity index (χ0v) is 44.5. The average Bonchev–Trinajstić information content (AvgIpc) is 3.82. The van der Waals surface area contributed by atoms with Crippen LogP contribution in [0, 0.1) is 29.6 Å². The normalized spacial score (nSPS) is 38.6. The van der Waals surface area contributed by atoms with Gasteiger partial charge in [-0.15, -0.1) is 0 Å². The van der Waals surface area contributed by atoms with E-state index in [-0.39, 0.29) is 35.8 Å². The molecule has 6 aliphatic rings. The second-order valence-corrected chi connectivity index (χ2v) is 21.9. The van der Waals surface area contributed by atoms with E-state index in [9.17, 15) is 58.8 Å². The maximum absolute atomic E-state index is 13.6. The molecule has 4 aliphatic carbocycles. The van der Waals surface area contributed by atoms with Gasteiger partial charge in [-0.2, -0.15) is 0 Å². The SMILES string of the molecule is CCCCCCCC(=O)O[C@@H]1C(=O)C(C)=C2[C@H]1[C@@](C)(OC(C)=O)C[C@H](OC(=O)[C@@H](C)CC)[C@@]1(O)[C@H]2OC(=O)[C@@]1(C)O.CC[C@H](C)C(=O)O[C@H]1C[C@](C)(OC(C)=O)[C@H]2C[C@@H](C)C(C)=C2[C@@H]2OC(=O)[C@@](C)(O)[C@@]12O. The highest BCUT2D eigenvalue weighted by Gasteiger charge is 2.77. The van der Waals surface area contributed by atoms with Crippen molar-refractivity contribution >= 4 is 47.6 Å². The smallest absolute Gasteiger partial charge is 0.341 e. The molecule has 16 atom stereocenters. The number of unbranched alkanes of at least 4 members (excludes halogenated alkanes) is 4. The van der Waals surface area contributed by atoms with Crippen molar-refractivity contribution in [1.29, 1.82) is 0 Å². The Kier molecular flexibility index (Phi) is 17.2. The second kappa shape index (κ2) is 21.3. The van der Waals surface area contributed by atoms with Crippen LogP contribution in [0.25, 0.3) is 0 Å². The predicted molar refractivity (Wildman–Crippen MR) is 254 cm³/mol. The topological polar surface area (TPSA) is 282 Å². The van der Waals surface area contributed by atoms with Gasteiger partial charge in [-0.25, -0.2) is 9.59 Å². The van der Waals surface area contributed by atoms with E-state index in [1.165, 1.54) is 27.7 Å². The van der Waals surface area contributed by atoms with Gasteiger partial charge in [0.15, 0.2) is 46.5 Å². The number of hydrogen-bond donors (Lipinski definition) is 4. The molecule has 0 aromatic rings. The third-order valence-electron chi connectivity index (χ3n) is 16.6. The van der Waals surface area contributed by atoms with E-state index in [0.717, 1.165) is 45.1 Å². The van der Waals surface area contributed by atoms with Crippen LogP contribution in [0.1, 0.15) is 168 Å². The zero-order valence-electron chi connectivity index (χ0n) is 44.5. The molecule has 0 aromatic carbocycles. The molecule has 72 heavy (non-hydrogen) atoms. The fourth-order valence-electron chi connectivity index (χ4n) is 11.6. The van der Waals surface area contributed by atoms with Gasteiger partial charge in [-0.3, -0.25) is 28.8 Å². The minimum atomic E-state index is -2.56. The number of carbonyl (C=O) groups excluding carboxylic acids is 8. The monoisotopic (exact) mass is 1020 g/mol. The Morgan fingerprint density at radius 1 is 0.667 bits per heavy atom. The van der Waals surface area contributed by atoms with Gasteiger partial charge in [-0.05, 0) is 89.9 Å². The molecule has 4 N–H and O–H groups in total. The summed E-state index contributed by atoms with van der Waals surface area (Å²) >= 11 is 0. The van der Waals surface area contributed by atoms with Crippen molar-refractivity contribution in [2.24, 2.45) is 29.6 Å². The van der Waals surface area contributed by atoms with E-state index >= 15 is 0 Å². The number of carbonyl (C=O) groups is 8. The van der Waals surface area contributed by atoms with Crippen molar-refractivity contribution in [2.45, 2.75) is 232 Å². The Morgan fingerprint density at radius 3 is 1.57 bits per heavy atom. The van der Waals surface area contributed by atoms with Gasteiger partial charge < -0.3 is 53.6 Å². The van der Waals surface area contributed by atoms with Crippen molar-refractivity contribution in [2.75, 3.05) is 0 Å². The Hall–Kier alpha value is -4.72. The lowest BCUT2D eigenvalue weighted by molar-refractivity contribution is -0.213. The second-order valence-electron chi connectivity index (χ2n) is 21.9. The molecule has 0 aromatic heterocycles. The maximum Gasteiger partial charge on any atom is 0.341 e. The standard InChI is InChI=1S/C30H44O11.C23H34O8/c1-8-10-11-12-13-14-20(32)39-24-22-21(17(4)23(24)33)25-30(37,29(7,36)27(35)40-25)19(38-26(34)16(3)9-2)15-28(22,6)41-18(5)31;1-8-11(2)19(25)29-16-10-21(6,31-14(5)24)15-9-12(3)13(4)17(15)18-23(16,28)22(7,27)20(26)30-18/h16,19,22,24-25,36-37H,8-15H2,1-7H3;11-12,15-16,18,27-28H,8-10H2,1-7H3/t16-,19-,22+,24-,25-,28-,29+,30+;11-,12+,15-,16-,18-,21-,22+,23+/m00/s1. The minimum Gasteiger partial charge on any atom is -0.459 e. The zero-order chi connectivity index (χ0) is 54.4. The van der Waals surface area contributed by atoms with Crippen molar-refractivity contribution in [3.63, 3.8) is 0 Å². The van der Waals surface area contributed by atoms with Crippen molar-refractivity contribution < 1.29 is 91.9 Å². The lowest BCUT2D eigenvalue weighted by Crippen LogP contribution is -2.64. The van der Waals surface area contributed by atoms with Crippen LogP contribution in [0.5, 0.6) is 0 Å². The van der Waals surface area contributed by atoms with E-state index < -0.39 is 136 Å². The molecule has 0 unspecified atom stereocenters. The third kappa shape index (κ3) is 9.99. The van der Waals surface area contributed by atoms with Crippen molar-refractivity contribution in [1.82, 2.24) is 0 Å². The molecule has 0 bridgehead atoms. The lowest BCUT2D eigenvalue weighted by atomic mass is 9.75. The first-order chi connectivity index (χ1) is 33.3. The first-order valence-electron chi connectivity index (χ1n) is 25.5. The van der Waals surface area contributed by atoms with Crippen LogP contribution in [0.2, 0.25) is 0 Å². The van der Waals surface area contributed by atoms with Crippen LogP contribution >= 0.6 is 0 Å². The third-order valence-corrected chi connectivity index (χ3v) is 16.6. The number of Topliss-reactive ketones (excluding diaryl/α,β-unsaturated/α-hetero) is 1. The van der Waals surface area contributed by atoms with E-state index in [4.69, 9.17) is 33.2 Å². The number of allylic oxidation sites excluding steroid dienone is 1. The summed E-state index contributed by atoms with van der Waals surface area (Å²) in [5.41, 5.74) is -10.8. The number of ketones is 1. The summed E-state index contributed by atoms with van der Waals surface area (Å²) in [5, 5.41) is 46.5. The molecule has 0 radical (unpaired) electrons. The van der Waals surface area contributed by atoms with Crippen LogP contribution in [0.15, 0.2) is 22.3 Å². The molecule has 0 amide bonds. The number of esters is 7. The molecule has 404 valence electrons. The summed E-state index contributed by atoms with van der Waals surface area (Å²) in [5.74, 6) is -8.36. The van der Waals surface area contributed by atoms with Gasteiger partial charge in [0.2, 0.25) is 0 Å². The highest BCUT2D eigenvalue weighted by molar-refractivity contribution is 6.04. The summed E-state index contributed by atoms with van der Waals surface area (Å²) in [6.07, 6.45) is -1.67. The Labute approximate surface area is 422 Å². The van der Waals surface area contributed by atoms with Crippen LogP contribution in [0.4, 0.5) is 0 Å². The van der Waals surface area contributed by atoms with Crippen molar-refractivity contribution in [3.05, 3.63) is 22.3 Å². The molecular weight excluding hydrogens is 941 g/mol. The minimum absolute atomic E-state index is 0.0388. The Bertz CT molecular complexity index is 2240. The average molecular weight is 1020 g/mol. The van der Waals surface area contributed by atoms with Crippen LogP contribution in [-0.2, 0) is 71.5 Å². The number of ether oxygens (including phenoxy) is 7. The number of hydrogen-bond acceptors (Lipinski definition) is 19. The molecule has 6 rings (SSSR count). The molecule has 2 heterocycles. The first kappa shape index (κ1) is 58.2. The quantitative estimate of drug-likeness (QED) is 0.0733. The van der Waals surface area contributed by atoms with Gasteiger partial charge in [0.1, 0.15) is 23.4 Å². The maximum atomic E-state index is 13.6. The van der Waals surface area contributed by atoms with Crippen LogP contribution < -0.4 is 0 Å². The van der Waals surface area contributed by atoms with Gasteiger partial charge >= 0.3 is 41.8 Å². The molecule has 4 fully saturated rings. The summed E-state index contributed by atoms with van der Waals surface area (Å²) in [4.78, 5) is 102. The Balaban J connectivity index is 0.000000278. The Morgan fingerprint density at radius 2 is 1.11 bits per heavy atom. The van der Waals surface area contributed by atoms with Gasteiger partial charge in [0.25, 0.3) is 0 Å². The van der Waals surface area contributed by atoms with Gasteiger partial charge in [0.05, 0.1) is 17.8 Å². The molecule has 2 saturated carbocycles. The number of fused-ring (bicyclic) bond motifs is 6. The molecule has 2 aliphatic heterocycles.